The first-order valence-corrected chi connectivity index (χ1v) is 5.11. The highest BCUT2D eigenvalue weighted by Gasteiger charge is 2.20. The molecule has 1 rings (SSSR count). The Labute approximate surface area is 95.6 Å². The summed E-state index contributed by atoms with van der Waals surface area (Å²) < 4.78 is 1.09. The van der Waals surface area contributed by atoms with Crippen molar-refractivity contribution in [2.75, 3.05) is 6.61 Å². The lowest BCUT2D eigenvalue weighted by atomic mass is 9.91. The van der Waals surface area contributed by atoms with Crippen LogP contribution in [-0.2, 0) is 4.84 Å². The summed E-state index contributed by atoms with van der Waals surface area (Å²) >= 11 is 2.19. The SMILES string of the molecule is CC1(CO[N+](=O)[O-])C=CC=C(I)C=C1. The molecule has 1 aliphatic rings. The second-order valence-electron chi connectivity index (χ2n) is 3.25. The molecule has 5 heteroatoms. The summed E-state index contributed by atoms with van der Waals surface area (Å²) in [4.78, 5) is 14.4. The molecule has 0 heterocycles. The van der Waals surface area contributed by atoms with Gasteiger partial charge in [0.25, 0.3) is 5.09 Å². The van der Waals surface area contributed by atoms with E-state index in [2.05, 4.69) is 27.4 Å². The molecule has 0 aliphatic heterocycles. The molecule has 1 unspecified atom stereocenters. The summed E-state index contributed by atoms with van der Waals surface area (Å²) in [6, 6.07) is 0. The molecular weight excluding hydrogens is 297 g/mol. The number of hydrogen-bond donors (Lipinski definition) is 0. The molecular formula is C9H10INO3. The van der Waals surface area contributed by atoms with Gasteiger partial charge in [0, 0.05) is 8.99 Å². The molecule has 0 amide bonds. The number of rotatable bonds is 3. The number of halogens is 1. The van der Waals surface area contributed by atoms with Crippen molar-refractivity contribution in [3.63, 3.8) is 0 Å². The standard InChI is InChI=1S/C9H10INO3/c1-9(7-14-11(12)13)5-2-3-8(10)4-6-9/h2-6H,7H2,1H3. The van der Waals surface area contributed by atoms with Crippen LogP contribution in [0.15, 0.2) is 34.0 Å². The van der Waals surface area contributed by atoms with Gasteiger partial charge in [-0.15, -0.1) is 10.1 Å². The fourth-order valence-electron chi connectivity index (χ4n) is 1.03. The second-order valence-corrected chi connectivity index (χ2v) is 4.49. The van der Waals surface area contributed by atoms with E-state index < -0.39 is 10.5 Å². The van der Waals surface area contributed by atoms with Gasteiger partial charge in [-0.05, 0) is 28.7 Å². The van der Waals surface area contributed by atoms with Gasteiger partial charge >= 0.3 is 0 Å². The molecule has 0 aromatic carbocycles. The zero-order valence-electron chi connectivity index (χ0n) is 7.64. The lowest BCUT2D eigenvalue weighted by Gasteiger charge is -2.19. The minimum absolute atomic E-state index is 0.0464. The highest BCUT2D eigenvalue weighted by atomic mass is 127. The number of nitrogens with zero attached hydrogens (tertiary/aromatic N) is 1. The molecule has 0 fully saturated rings. The Morgan fingerprint density at radius 2 is 2.36 bits per heavy atom. The lowest BCUT2D eigenvalue weighted by molar-refractivity contribution is -0.759. The van der Waals surface area contributed by atoms with Crippen molar-refractivity contribution in [2.24, 2.45) is 5.41 Å². The Morgan fingerprint density at radius 1 is 1.64 bits per heavy atom. The maximum absolute atomic E-state index is 10.1. The average Bonchev–Trinajstić information content (AvgIpc) is 2.27. The van der Waals surface area contributed by atoms with Crippen molar-refractivity contribution in [3.8, 4) is 0 Å². The van der Waals surface area contributed by atoms with Crippen molar-refractivity contribution < 1.29 is 9.92 Å². The predicted molar refractivity (Wildman–Crippen MR) is 61.4 cm³/mol. The van der Waals surface area contributed by atoms with Crippen LogP contribution in [0.5, 0.6) is 0 Å². The highest BCUT2D eigenvalue weighted by molar-refractivity contribution is 14.1. The van der Waals surface area contributed by atoms with Gasteiger partial charge in [0.05, 0.1) is 0 Å². The summed E-state index contributed by atoms with van der Waals surface area (Å²) in [5, 5.41) is 9.29. The van der Waals surface area contributed by atoms with E-state index in [-0.39, 0.29) is 6.61 Å². The summed E-state index contributed by atoms with van der Waals surface area (Å²) in [5.41, 5.74) is -0.406. The molecule has 0 saturated carbocycles. The molecule has 1 aliphatic carbocycles. The third kappa shape index (κ3) is 3.49. The van der Waals surface area contributed by atoms with Crippen LogP contribution in [0.25, 0.3) is 0 Å². The molecule has 0 saturated heterocycles. The van der Waals surface area contributed by atoms with Crippen molar-refractivity contribution >= 4 is 22.6 Å². The lowest BCUT2D eigenvalue weighted by Crippen LogP contribution is -2.20. The van der Waals surface area contributed by atoms with E-state index in [1.54, 1.807) is 0 Å². The van der Waals surface area contributed by atoms with E-state index in [4.69, 9.17) is 0 Å². The largest absolute Gasteiger partial charge is 0.313 e. The summed E-state index contributed by atoms with van der Waals surface area (Å²) in [6.45, 7) is 1.93. The Hall–Kier alpha value is -0.850. The molecule has 0 N–H and O–H groups in total. The van der Waals surface area contributed by atoms with Crippen LogP contribution in [0, 0.1) is 15.5 Å². The van der Waals surface area contributed by atoms with Crippen molar-refractivity contribution in [3.05, 3.63) is 44.1 Å². The average molecular weight is 307 g/mol. The number of hydrogen-bond acceptors (Lipinski definition) is 3. The first kappa shape index (κ1) is 11.2. The third-order valence-corrected chi connectivity index (χ3v) is 2.56. The van der Waals surface area contributed by atoms with Crippen LogP contribution in [-0.4, -0.2) is 11.7 Å². The van der Waals surface area contributed by atoms with Crippen LogP contribution >= 0.6 is 22.6 Å². The van der Waals surface area contributed by atoms with Crippen molar-refractivity contribution in [1.82, 2.24) is 0 Å². The van der Waals surface area contributed by atoms with Gasteiger partial charge < -0.3 is 4.84 Å². The maximum atomic E-state index is 10.1. The van der Waals surface area contributed by atoms with E-state index in [1.165, 1.54) is 0 Å². The molecule has 0 spiro atoms. The predicted octanol–water partition coefficient (Wildman–Crippen LogP) is 2.65. The van der Waals surface area contributed by atoms with E-state index in [1.807, 2.05) is 37.3 Å². The van der Waals surface area contributed by atoms with E-state index >= 15 is 0 Å². The van der Waals surface area contributed by atoms with Crippen LogP contribution in [0.4, 0.5) is 0 Å². The van der Waals surface area contributed by atoms with E-state index in [0.29, 0.717) is 0 Å². The van der Waals surface area contributed by atoms with Crippen molar-refractivity contribution in [1.29, 1.82) is 0 Å². The fraction of sp³-hybridized carbons (Fsp3) is 0.333. The van der Waals surface area contributed by atoms with E-state index in [0.717, 1.165) is 3.58 Å². The van der Waals surface area contributed by atoms with Crippen LogP contribution in [0.1, 0.15) is 6.92 Å². The minimum Gasteiger partial charge on any atom is -0.313 e. The monoisotopic (exact) mass is 307 g/mol. The quantitative estimate of drug-likeness (QED) is 0.457. The highest BCUT2D eigenvalue weighted by Crippen LogP contribution is 2.25. The van der Waals surface area contributed by atoms with Gasteiger partial charge in [-0.2, -0.15) is 0 Å². The fourth-order valence-corrected chi connectivity index (χ4v) is 1.42. The topological polar surface area (TPSA) is 52.4 Å². The van der Waals surface area contributed by atoms with Gasteiger partial charge in [-0.3, -0.25) is 0 Å². The first-order valence-electron chi connectivity index (χ1n) is 4.03. The van der Waals surface area contributed by atoms with Crippen LogP contribution in [0.3, 0.4) is 0 Å². The molecule has 1 atom stereocenters. The van der Waals surface area contributed by atoms with Crippen LogP contribution < -0.4 is 0 Å². The summed E-state index contributed by atoms with van der Waals surface area (Å²) in [5.74, 6) is 0. The molecule has 76 valence electrons. The number of allylic oxidation sites excluding steroid dienone is 4. The van der Waals surface area contributed by atoms with Crippen molar-refractivity contribution in [2.45, 2.75) is 6.92 Å². The molecule has 0 aromatic rings. The third-order valence-electron chi connectivity index (χ3n) is 1.84. The first-order chi connectivity index (χ1) is 6.52. The summed E-state index contributed by atoms with van der Waals surface area (Å²) in [6.07, 6.45) is 9.53. The van der Waals surface area contributed by atoms with Crippen LogP contribution in [0.2, 0.25) is 0 Å². The zero-order chi connectivity index (χ0) is 10.6. The Bertz CT molecular complexity index is 322. The van der Waals surface area contributed by atoms with Gasteiger partial charge in [0.15, 0.2) is 0 Å². The molecule has 4 nitrogen and oxygen atoms in total. The molecule has 0 aromatic heterocycles. The van der Waals surface area contributed by atoms with E-state index in [9.17, 15) is 10.1 Å². The van der Waals surface area contributed by atoms with Gasteiger partial charge in [-0.25, -0.2) is 0 Å². The Morgan fingerprint density at radius 3 is 3.00 bits per heavy atom. The molecule has 14 heavy (non-hydrogen) atoms. The molecule has 0 radical (unpaired) electrons. The second kappa shape index (κ2) is 4.59. The summed E-state index contributed by atoms with van der Waals surface area (Å²) in [7, 11) is 0. The Balaban J connectivity index is 2.67. The van der Waals surface area contributed by atoms with Gasteiger partial charge in [0.1, 0.15) is 6.61 Å². The smallest absolute Gasteiger partial charge is 0.294 e. The normalized spacial score (nSPS) is 25.4. The molecule has 0 bridgehead atoms. The maximum Gasteiger partial charge on any atom is 0.294 e. The minimum atomic E-state index is -0.768. The zero-order valence-corrected chi connectivity index (χ0v) is 9.80. The van der Waals surface area contributed by atoms with Gasteiger partial charge in [-0.1, -0.05) is 31.2 Å². The van der Waals surface area contributed by atoms with Gasteiger partial charge in [0.2, 0.25) is 0 Å². The Kier molecular flexibility index (Phi) is 3.68.